The van der Waals surface area contributed by atoms with Crippen LogP contribution < -0.4 is 5.32 Å². The molecule has 0 spiro atoms. The summed E-state index contributed by atoms with van der Waals surface area (Å²) >= 11 is 0. The molecule has 1 heterocycles. The number of aromatic nitrogens is 1. The maximum Gasteiger partial charge on any atom is 0.226 e. The first-order chi connectivity index (χ1) is 12.6. The van der Waals surface area contributed by atoms with E-state index in [9.17, 15) is 14.4 Å². The number of benzene rings is 2. The second-order valence-corrected chi connectivity index (χ2v) is 5.76. The van der Waals surface area contributed by atoms with Gasteiger partial charge in [0, 0.05) is 24.1 Å². The molecule has 0 radical (unpaired) electrons. The highest BCUT2D eigenvalue weighted by Crippen LogP contribution is 2.20. The van der Waals surface area contributed by atoms with Gasteiger partial charge in [0.15, 0.2) is 5.78 Å². The number of nitrogens with one attached hydrogen (secondary N) is 1. The zero-order chi connectivity index (χ0) is 18.5. The molecule has 130 valence electrons. The molecule has 0 fully saturated rings. The molecule has 0 aliphatic rings. The van der Waals surface area contributed by atoms with Crippen LogP contribution in [0.3, 0.4) is 0 Å². The van der Waals surface area contributed by atoms with Crippen molar-refractivity contribution in [3.8, 4) is 17.5 Å². The summed E-state index contributed by atoms with van der Waals surface area (Å²) in [6.07, 6.45) is 2.12. The van der Waals surface area contributed by atoms with Crippen molar-refractivity contribution >= 4 is 11.5 Å². The van der Waals surface area contributed by atoms with Crippen LogP contribution in [0.1, 0.15) is 28.5 Å². The zero-order valence-corrected chi connectivity index (χ0v) is 14.1. The van der Waals surface area contributed by atoms with Crippen LogP contribution in [-0.4, -0.2) is 17.3 Å². The average Bonchev–Trinajstić information content (AvgIpc) is 3.11. The summed E-state index contributed by atoms with van der Waals surface area (Å²) in [5.74, 6) is 0.0556. The minimum absolute atomic E-state index is 0.0574. The van der Waals surface area contributed by atoms with Gasteiger partial charge in [0.1, 0.15) is 18.1 Å². The first-order valence-electron chi connectivity index (χ1n) is 8.06. The van der Waals surface area contributed by atoms with E-state index in [1.807, 2.05) is 0 Å². The number of hydrogen-bond acceptors (Lipinski definition) is 5. The largest absolute Gasteiger partial charge is 0.444 e. The molecule has 1 aromatic heterocycles. The van der Waals surface area contributed by atoms with E-state index in [1.165, 1.54) is 19.1 Å². The Balaban J connectivity index is 1.66. The second kappa shape index (κ2) is 7.62. The molecule has 2 aromatic carbocycles. The van der Waals surface area contributed by atoms with Gasteiger partial charge in [-0.1, -0.05) is 0 Å². The summed E-state index contributed by atoms with van der Waals surface area (Å²) in [7, 11) is 0. The smallest absolute Gasteiger partial charge is 0.226 e. The number of anilines is 1. The van der Waals surface area contributed by atoms with Crippen LogP contribution in [0.4, 0.5) is 10.1 Å². The number of carbonyl (C=O) groups is 1. The van der Waals surface area contributed by atoms with Crippen molar-refractivity contribution in [2.45, 2.75) is 13.3 Å². The monoisotopic (exact) mass is 349 g/mol. The molecule has 26 heavy (non-hydrogen) atoms. The second-order valence-electron chi connectivity index (χ2n) is 5.76. The van der Waals surface area contributed by atoms with Crippen molar-refractivity contribution in [3.63, 3.8) is 0 Å². The summed E-state index contributed by atoms with van der Waals surface area (Å²) < 4.78 is 18.4. The van der Waals surface area contributed by atoms with Crippen LogP contribution in [0.25, 0.3) is 11.5 Å². The highest BCUT2D eigenvalue weighted by Gasteiger charge is 2.09. The number of halogens is 1. The van der Waals surface area contributed by atoms with E-state index >= 15 is 0 Å². The molecule has 5 nitrogen and oxygen atoms in total. The van der Waals surface area contributed by atoms with Gasteiger partial charge in [-0.3, -0.25) is 4.79 Å². The highest BCUT2D eigenvalue weighted by atomic mass is 19.1. The van der Waals surface area contributed by atoms with Gasteiger partial charge in [0.2, 0.25) is 5.89 Å². The third kappa shape index (κ3) is 3.95. The highest BCUT2D eigenvalue weighted by molar-refractivity contribution is 5.95. The van der Waals surface area contributed by atoms with Gasteiger partial charge in [0.25, 0.3) is 0 Å². The van der Waals surface area contributed by atoms with Crippen molar-refractivity contribution in [1.29, 1.82) is 5.26 Å². The predicted molar refractivity (Wildman–Crippen MR) is 95.3 cm³/mol. The van der Waals surface area contributed by atoms with Crippen LogP contribution in [0.5, 0.6) is 0 Å². The van der Waals surface area contributed by atoms with E-state index in [-0.39, 0.29) is 11.6 Å². The van der Waals surface area contributed by atoms with Crippen molar-refractivity contribution < 1.29 is 13.6 Å². The fourth-order valence-electron chi connectivity index (χ4n) is 2.48. The van der Waals surface area contributed by atoms with E-state index in [0.717, 1.165) is 5.69 Å². The van der Waals surface area contributed by atoms with Gasteiger partial charge in [-0.2, -0.15) is 5.26 Å². The molecule has 6 heteroatoms. The standard InChI is InChI=1S/C20H16FN3O2/c1-13(25)15-2-3-16(11-22)19(10-15)23-9-8-18-12-26-20(24-18)14-4-6-17(21)7-5-14/h2-7,10,12,23H,8-9H2,1H3. The van der Waals surface area contributed by atoms with Crippen molar-refractivity contribution in [3.05, 3.63) is 71.4 Å². The van der Waals surface area contributed by atoms with Crippen LogP contribution in [-0.2, 0) is 6.42 Å². The van der Waals surface area contributed by atoms with Crippen molar-refractivity contribution in [1.82, 2.24) is 4.98 Å². The minimum atomic E-state index is -0.314. The van der Waals surface area contributed by atoms with Crippen LogP contribution in [0.2, 0.25) is 0 Å². The van der Waals surface area contributed by atoms with Crippen molar-refractivity contribution in [2.75, 3.05) is 11.9 Å². The third-order valence-electron chi connectivity index (χ3n) is 3.89. The molecule has 0 bridgehead atoms. The number of nitriles is 1. The number of oxazole rings is 1. The van der Waals surface area contributed by atoms with Crippen LogP contribution >= 0.6 is 0 Å². The Morgan fingerprint density at radius 3 is 2.73 bits per heavy atom. The van der Waals surface area contributed by atoms with E-state index in [4.69, 9.17) is 4.42 Å². The molecule has 0 saturated heterocycles. The van der Waals surface area contributed by atoms with E-state index in [1.54, 1.807) is 36.6 Å². The van der Waals surface area contributed by atoms with Gasteiger partial charge in [0.05, 0.1) is 16.9 Å². The lowest BCUT2D eigenvalue weighted by atomic mass is 10.1. The number of Topliss-reactive ketones (excluding diaryl/α,β-unsaturated/α-hetero) is 1. The van der Waals surface area contributed by atoms with Crippen molar-refractivity contribution in [2.24, 2.45) is 0 Å². The summed E-state index contributed by atoms with van der Waals surface area (Å²) in [4.78, 5) is 15.9. The Morgan fingerprint density at radius 1 is 1.27 bits per heavy atom. The maximum absolute atomic E-state index is 13.0. The number of ketones is 1. The quantitative estimate of drug-likeness (QED) is 0.674. The molecular weight excluding hydrogens is 333 g/mol. The molecule has 3 rings (SSSR count). The Morgan fingerprint density at radius 2 is 2.04 bits per heavy atom. The predicted octanol–water partition coefficient (Wildman–Crippen LogP) is 4.21. The van der Waals surface area contributed by atoms with E-state index in [0.29, 0.717) is 41.2 Å². The molecule has 0 aliphatic heterocycles. The number of rotatable bonds is 6. The van der Waals surface area contributed by atoms with Crippen LogP contribution in [0, 0.1) is 17.1 Å². The Labute approximate surface area is 150 Å². The fraction of sp³-hybridized carbons (Fsp3) is 0.150. The molecule has 1 N–H and O–H groups in total. The average molecular weight is 349 g/mol. The van der Waals surface area contributed by atoms with Gasteiger partial charge >= 0.3 is 0 Å². The summed E-state index contributed by atoms with van der Waals surface area (Å²) in [6.45, 7) is 2.00. The molecule has 0 aliphatic carbocycles. The fourth-order valence-corrected chi connectivity index (χ4v) is 2.48. The topological polar surface area (TPSA) is 78.9 Å². The summed E-state index contributed by atoms with van der Waals surface area (Å²) in [5.41, 5.74) is 3.07. The lowest BCUT2D eigenvalue weighted by Gasteiger charge is -2.08. The lowest BCUT2D eigenvalue weighted by Crippen LogP contribution is -2.07. The summed E-state index contributed by atoms with van der Waals surface area (Å²) in [6, 6.07) is 13.0. The maximum atomic E-state index is 13.0. The number of nitrogens with zero attached hydrogens (tertiary/aromatic N) is 2. The van der Waals surface area contributed by atoms with Gasteiger partial charge < -0.3 is 9.73 Å². The minimum Gasteiger partial charge on any atom is -0.444 e. The Hall–Kier alpha value is -3.46. The van der Waals surface area contributed by atoms with E-state index < -0.39 is 0 Å². The van der Waals surface area contributed by atoms with Gasteiger partial charge in [-0.05, 0) is 49.4 Å². The first kappa shape index (κ1) is 17.4. The SMILES string of the molecule is CC(=O)c1ccc(C#N)c(NCCc2coc(-c3ccc(F)cc3)n2)c1. The molecule has 3 aromatic rings. The summed E-state index contributed by atoms with van der Waals surface area (Å²) in [5, 5.41) is 12.3. The number of hydrogen-bond donors (Lipinski definition) is 1. The molecule has 0 amide bonds. The Kier molecular flexibility index (Phi) is 5.09. The Bertz CT molecular complexity index is 971. The first-order valence-corrected chi connectivity index (χ1v) is 8.06. The van der Waals surface area contributed by atoms with Gasteiger partial charge in [-0.15, -0.1) is 0 Å². The normalized spacial score (nSPS) is 10.3. The molecular formula is C20H16FN3O2. The molecule has 0 unspecified atom stereocenters. The van der Waals surface area contributed by atoms with Gasteiger partial charge in [-0.25, -0.2) is 9.37 Å². The lowest BCUT2D eigenvalue weighted by molar-refractivity contribution is 0.101. The zero-order valence-electron chi connectivity index (χ0n) is 14.1. The van der Waals surface area contributed by atoms with E-state index in [2.05, 4.69) is 16.4 Å². The number of carbonyl (C=O) groups excluding carboxylic acids is 1. The molecule has 0 saturated carbocycles. The third-order valence-corrected chi connectivity index (χ3v) is 3.89. The molecule has 0 atom stereocenters. The van der Waals surface area contributed by atoms with Crippen LogP contribution in [0.15, 0.2) is 53.1 Å².